The second-order valence-corrected chi connectivity index (χ2v) is 6.31. The lowest BCUT2D eigenvalue weighted by Gasteiger charge is -2.36. The Hall–Kier alpha value is -1.66. The van der Waals surface area contributed by atoms with Crippen molar-refractivity contribution in [3.8, 4) is 6.07 Å². The summed E-state index contributed by atoms with van der Waals surface area (Å²) in [7, 11) is -3.70. The van der Waals surface area contributed by atoms with Crippen molar-refractivity contribution in [2.45, 2.75) is 18.4 Å². The first-order valence-corrected chi connectivity index (χ1v) is 6.99. The van der Waals surface area contributed by atoms with E-state index in [-0.39, 0.29) is 13.1 Å². The topological polar surface area (TPSA) is 119 Å². The van der Waals surface area contributed by atoms with Gasteiger partial charge in [0, 0.05) is 13.1 Å². The molecule has 1 unspecified atom stereocenters. The van der Waals surface area contributed by atoms with Gasteiger partial charge >= 0.3 is 6.03 Å². The molecule has 9 heteroatoms. The van der Waals surface area contributed by atoms with E-state index >= 15 is 0 Å². The highest BCUT2D eigenvalue weighted by atomic mass is 32.2. The molecule has 0 aliphatic carbocycles. The van der Waals surface area contributed by atoms with Crippen molar-refractivity contribution in [2.24, 2.45) is 0 Å². The minimum atomic E-state index is -3.70. The maximum atomic E-state index is 11.8. The number of piperidine rings is 1. The summed E-state index contributed by atoms with van der Waals surface area (Å²) in [4.78, 5) is 22.9. The lowest BCUT2D eigenvalue weighted by molar-refractivity contribution is -0.125. The van der Waals surface area contributed by atoms with E-state index in [0.29, 0.717) is 12.8 Å². The van der Waals surface area contributed by atoms with Gasteiger partial charge in [0.25, 0.3) is 5.91 Å². The van der Waals surface area contributed by atoms with Gasteiger partial charge in [-0.05, 0) is 12.8 Å². The molecule has 0 radical (unpaired) electrons. The first-order valence-electron chi connectivity index (χ1n) is 5.38. The Balaban J connectivity index is 2.22. The van der Waals surface area contributed by atoms with Gasteiger partial charge < -0.3 is 5.32 Å². The summed E-state index contributed by atoms with van der Waals surface area (Å²) in [5, 5.41) is 13.1. The van der Waals surface area contributed by atoms with Crippen LogP contribution in [0.1, 0.15) is 12.8 Å². The van der Waals surface area contributed by atoms with Crippen LogP contribution in [0.3, 0.4) is 0 Å². The number of nitriles is 1. The third kappa shape index (κ3) is 2.04. The molecule has 98 valence electrons. The molecular formula is C9H12N4O4S. The SMILES string of the molecule is N#CCS(=O)(=O)N1CCCC2(C1)NC(=O)NC2=O. The molecule has 0 aromatic rings. The monoisotopic (exact) mass is 272 g/mol. The molecule has 1 atom stereocenters. The Morgan fingerprint density at radius 3 is 2.72 bits per heavy atom. The summed E-state index contributed by atoms with van der Waals surface area (Å²) in [6.07, 6.45) is 0.849. The molecule has 2 fully saturated rings. The van der Waals surface area contributed by atoms with Crippen LogP contribution in [-0.2, 0) is 14.8 Å². The largest absolute Gasteiger partial charge is 0.322 e. The molecule has 2 aliphatic rings. The van der Waals surface area contributed by atoms with E-state index in [1.54, 1.807) is 6.07 Å². The summed E-state index contributed by atoms with van der Waals surface area (Å²) in [5.74, 6) is -1.14. The number of nitrogens with zero attached hydrogens (tertiary/aromatic N) is 2. The molecule has 3 amide bonds. The van der Waals surface area contributed by atoms with Crippen LogP contribution in [0, 0.1) is 11.3 Å². The smallest absolute Gasteiger partial charge is 0.322 e. The fraction of sp³-hybridized carbons (Fsp3) is 0.667. The zero-order valence-electron chi connectivity index (χ0n) is 9.47. The second kappa shape index (κ2) is 4.22. The second-order valence-electron chi connectivity index (χ2n) is 4.34. The van der Waals surface area contributed by atoms with E-state index in [1.807, 2.05) is 0 Å². The van der Waals surface area contributed by atoms with Gasteiger partial charge in [0.2, 0.25) is 10.0 Å². The number of imide groups is 1. The van der Waals surface area contributed by atoms with Crippen LogP contribution >= 0.6 is 0 Å². The molecule has 8 nitrogen and oxygen atoms in total. The molecule has 2 rings (SSSR count). The standard InChI is InChI=1S/C9H12N4O4S/c10-3-5-18(16,17)13-4-1-2-9(6-13)7(14)11-8(15)12-9/h1-2,4-6H2,(H2,11,12,14,15). The lowest BCUT2D eigenvalue weighted by Crippen LogP contribution is -2.59. The van der Waals surface area contributed by atoms with Crippen molar-refractivity contribution in [2.75, 3.05) is 18.8 Å². The molecule has 2 aliphatic heterocycles. The van der Waals surface area contributed by atoms with Gasteiger partial charge in [-0.25, -0.2) is 13.2 Å². The normalized spacial score (nSPS) is 28.8. The highest BCUT2D eigenvalue weighted by Gasteiger charge is 2.50. The summed E-state index contributed by atoms with van der Waals surface area (Å²) in [6, 6.07) is 0.975. The summed E-state index contributed by atoms with van der Waals surface area (Å²) < 4.78 is 24.6. The van der Waals surface area contributed by atoms with E-state index in [0.717, 1.165) is 4.31 Å². The fourth-order valence-electron chi connectivity index (χ4n) is 2.24. The Morgan fingerprint density at radius 1 is 1.44 bits per heavy atom. The van der Waals surface area contributed by atoms with Crippen molar-refractivity contribution >= 4 is 22.0 Å². The van der Waals surface area contributed by atoms with Crippen molar-refractivity contribution in [3.05, 3.63) is 0 Å². The first-order chi connectivity index (χ1) is 8.39. The number of sulfonamides is 1. The summed E-state index contributed by atoms with van der Waals surface area (Å²) >= 11 is 0. The highest BCUT2D eigenvalue weighted by Crippen LogP contribution is 2.26. The third-order valence-electron chi connectivity index (χ3n) is 3.11. The number of rotatable bonds is 2. The molecule has 0 aromatic carbocycles. The Bertz CT molecular complexity index is 537. The molecule has 2 saturated heterocycles. The van der Waals surface area contributed by atoms with Crippen molar-refractivity contribution in [3.63, 3.8) is 0 Å². The van der Waals surface area contributed by atoms with Crippen LogP contribution < -0.4 is 10.6 Å². The molecule has 0 saturated carbocycles. The summed E-state index contributed by atoms with van der Waals surface area (Å²) in [6.45, 7) is 0.142. The van der Waals surface area contributed by atoms with Crippen LogP contribution in [0.2, 0.25) is 0 Å². The number of hydrogen-bond donors (Lipinski definition) is 2. The molecule has 2 heterocycles. The van der Waals surface area contributed by atoms with Gasteiger partial charge in [-0.1, -0.05) is 0 Å². The zero-order valence-corrected chi connectivity index (χ0v) is 10.3. The van der Waals surface area contributed by atoms with Gasteiger partial charge in [-0.3, -0.25) is 10.1 Å². The predicted molar refractivity (Wildman–Crippen MR) is 59.6 cm³/mol. The number of carbonyl (C=O) groups is 2. The molecule has 0 bridgehead atoms. The number of nitrogens with one attached hydrogen (secondary N) is 2. The van der Waals surface area contributed by atoms with Crippen molar-refractivity contribution in [1.82, 2.24) is 14.9 Å². The minimum absolute atomic E-state index is 0.116. The molecule has 1 spiro atoms. The maximum absolute atomic E-state index is 11.8. The number of hydrogen-bond acceptors (Lipinski definition) is 5. The van der Waals surface area contributed by atoms with Crippen LogP contribution in [0.15, 0.2) is 0 Å². The van der Waals surface area contributed by atoms with Crippen LogP contribution in [0.25, 0.3) is 0 Å². The Morgan fingerprint density at radius 2 is 2.17 bits per heavy atom. The summed E-state index contributed by atoms with van der Waals surface area (Å²) in [5.41, 5.74) is -1.18. The average molecular weight is 272 g/mol. The van der Waals surface area contributed by atoms with Gasteiger partial charge in [0.15, 0.2) is 5.75 Å². The van der Waals surface area contributed by atoms with E-state index in [2.05, 4.69) is 10.6 Å². The van der Waals surface area contributed by atoms with E-state index in [9.17, 15) is 18.0 Å². The molecular weight excluding hydrogens is 260 g/mol. The van der Waals surface area contributed by atoms with E-state index in [4.69, 9.17) is 5.26 Å². The minimum Gasteiger partial charge on any atom is -0.322 e. The number of amides is 3. The van der Waals surface area contributed by atoms with Crippen LogP contribution in [-0.4, -0.2) is 49.0 Å². The van der Waals surface area contributed by atoms with Crippen LogP contribution in [0.5, 0.6) is 0 Å². The van der Waals surface area contributed by atoms with E-state index in [1.165, 1.54) is 0 Å². The predicted octanol–water partition coefficient (Wildman–Crippen LogP) is -1.49. The van der Waals surface area contributed by atoms with E-state index < -0.39 is 33.3 Å². The molecule has 2 N–H and O–H groups in total. The average Bonchev–Trinajstić information content (AvgIpc) is 2.53. The van der Waals surface area contributed by atoms with Gasteiger partial charge in [0.05, 0.1) is 6.07 Å². The Labute approximate surface area is 104 Å². The van der Waals surface area contributed by atoms with Gasteiger partial charge in [-0.2, -0.15) is 9.57 Å². The van der Waals surface area contributed by atoms with Crippen molar-refractivity contribution in [1.29, 1.82) is 5.26 Å². The molecule has 0 aromatic heterocycles. The zero-order chi connectivity index (χ0) is 13.4. The number of carbonyl (C=O) groups excluding carboxylic acids is 2. The lowest BCUT2D eigenvalue weighted by atomic mass is 9.90. The Kier molecular flexibility index (Phi) is 3.00. The third-order valence-corrected chi connectivity index (χ3v) is 4.70. The quantitative estimate of drug-likeness (QED) is 0.594. The van der Waals surface area contributed by atoms with Crippen LogP contribution in [0.4, 0.5) is 4.79 Å². The maximum Gasteiger partial charge on any atom is 0.322 e. The van der Waals surface area contributed by atoms with Gasteiger partial charge in [0.1, 0.15) is 5.54 Å². The number of urea groups is 1. The van der Waals surface area contributed by atoms with Crippen molar-refractivity contribution < 1.29 is 18.0 Å². The van der Waals surface area contributed by atoms with Gasteiger partial charge in [-0.15, -0.1) is 0 Å². The molecule has 18 heavy (non-hydrogen) atoms. The fourth-order valence-corrected chi connectivity index (χ4v) is 3.41. The first kappa shape index (κ1) is 12.8. The highest BCUT2D eigenvalue weighted by molar-refractivity contribution is 7.89.